The molecule has 0 atom stereocenters. The molecule has 0 saturated carbocycles. The zero-order valence-corrected chi connectivity index (χ0v) is 18.9. The van der Waals surface area contributed by atoms with Crippen LogP contribution in [0.1, 0.15) is 11.1 Å². The lowest BCUT2D eigenvalue weighted by Gasteiger charge is -2.12. The maximum atomic E-state index is 12.2. The third-order valence-electron chi connectivity index (χ3n) is 4.41. The Labute approximate surface area is 194 Å². The van der Waals surface area contributed by atoms with E-state index in [0.29, 0.717) is 17.2 Å². The second-order valence-electron chi connectivity index (χ2n) is 6.64. The van der Waals surface area contributed by atoms with E-state index in [0.717, 1.165) is 21.7 Å². The van der Waals surface area contributed by atoms with Crippen molar-refractivity contribution in [3.05, 3.63) is 71.8 Å². The highest BCUT2D eigenvalue weighted by Gasteiger charge is 2.30. The summed E-state index contributed by atoms with van der Waals surface area (Å²) in [6.07, 6.45) is -0.808. The molecule has 0 fully saturated rings. The van der Waals surface area contributed by atoms with Crippen molar-refractivity contribution in [2.45, 2.75) is 11.3 Å². The summed E-state index contributed by atoms with van der Waals surface area (Å²) >= 11 is 1.28. The van der Waals surface area contributed by atoms with Crippen LogP contribution in [0.3, 0.4) is 0 Å². The van der Waals surface area contributed by atoms with Gasteiger partial charge in [-0.2, -0.15) is 0 Å². The minimum Gasteiger partial charge on any atom is -0.493 e. The molecule has 0 aliphatic carbocycles. The molecule has 0 unspecified atom stereocenters. The Hall–Kier alpha value is -3.46. The fraction of sp³-hybridized carbons (Fsp3) is 0.167. The number of hydrogen-bond acceptors (Lipinski definition) is 6. The summed E-state index contributed by atoms with van der Waals surface area (Å²) in [6.45, 7) is 0. The first-order chi connectivity index (χ1) is 15.8. The van der Waals surface area contributed by atoms with Crippen LogP contribution in [0.25, 0.3) is 12.2 Å². The molecule has 0 aliphatic heterocycles. The van der Waals surface area contributed by atoms with Crippen molar-refractivity contribution < 1.29 is 32.1 Å². The summed E-state index contributed by atoms with van der Waals surface area (Å²) in [5.41, 5.74) is 2.72. The van der Waals surface area contributed by atoms with Gasteiger partial charge in [0.1, 0.15) is 5.75 Å². The molecule has 0 spiro atoms. The van der Waals surface area contributed by atoms with E-state index in [4.69, 9.17) is 14.2 Å². The quantitative estimate of drug-likeness (QED) is 0.267. The highest BCUT2D eigenvalue weighted by atomic mass is 32.2. The number of benzene rings is 3. The smallest absolute Gasteiger partial charge is 0.493 e. The number of methoxy groups -OCH3 is 3. The van der Waals surface area contributed by atoms with Gasteiger partial charge in [-0.1, -0.05) is 24.3 Å². The maximum absolute atomic E-state index is 12.2. The summed E-state index contributed by atoms with van der Waals surface area (Å²) in [5.74, 6) is 1.43. The van der Waals surface area contributed by atoms with Gasteiger partial charge in [0.05, 0.1) is 21.3 Å². The van der Waals surface area contributed by atoms with E-state index in [1.165, 1.54) is 24.1 Å². The molecule has 0 aromatic heterocycles. The number of anilines is 1. The summed E-state index contributed by atoms with van der Waals surface area (Å²) in [6, 6.07) is 17.1. The lowest BCUT2D eigenvalue weighted by Crippen LogP contribution is -2.16. The maximum Gasteiger partial charge on any atom is 0.573 e. The van der Waals surface area contributed by atoms with Crippen molar-refractivity contribution in [3.63, 3.8) is 0 Å². The Morgan fingerprint density at radius 3 is 1.85 bits per heavy atom. The lowest BCUT2D eigenvalue weighted by molar-refractivity contribution is -0.274. The number of nitrogens with one attached hydrogen (secondary N) is 1. The number of rotatable bonds is 9. The molecule has 3 aromatic carbocycles. The molecule has 33 heavy (non-hydrogen) atoms. The van der Waals surface area contributed by atoms with Gasteiger partial charge in [-0.3, -0.25) is 0 Å². The summed E-state index contributed by atoms with van der Waals surface area (Å²) in [7, 11) is 4.69. The first-order valence-corrected chi connectivity index (χ1v) is 10.5. The normalized spacial score (nSPS) is 11.3. The molecule has 3 rings (SSSR count). The SMILES string of the molecule is COc1cc(/C=C\c2ccc(NSc3ccc(OC(F)(F)F)cc3)cc2)cc(OC)c1OC. The lowest BCUT2D eigenvalue weighted by atomic mass is 10.1. The van der Waals surface area contributed by atoms with Crippen LogP contribution >= 0.6 is 11.9 Å². The van der Waals surface area contributed by atoms with Gasteiger partial charge in [0.15, 0.2) is 11.5 Å². The molecule has 0 saturated heterocycles. The summed E-state index contributed by atoms with van der Waals surface area (Å²) in [5, 5.41) is 0. The van der Waals surface area contributed by atoms with E-state index in [1.54, 1.807) is 33.5 Å². The predicted octanol–water partition coefficient (Wildman–Crippen LogP) is 6.90. The van der Waals surface area contributed by atoms with Crippen LogP contribution in [0, 0.1) is 0 Å². The van der Waals surface area contributed by atoms with Crippen molar-refractivity contribution in [1.82, 2.24) is 0 Å². The van der Waals surface area contributed by atoms with Crippen LogP contribution in [0.5, 0.6) is 23.0 Å². The molecule has 0 amide bonds. The number of ether oxygens (including phenoxy) is 4. The zero-order chi connectivity index (χ0) is 23.8. The van der Waals surface area contributed by atoms with Gasteiger partial charge in [0.25, 0.3) is 0 Å². The Kier molecular flexibility index (Phi) is 8.00. The van der Waals surface area contributed by atoms with Crippen LogP contribution < -0.4 is 23.7 Å². The van der Waals surface area contributed by atoms with E-state index in [9.17, 15) is 13.2 Å². The van der Waals surface area contributed by atoms with E-state index in [-0.39, 0.29) is 5.75 Å². The summed E-state index contributed by atoms with van der Waals surface area (Å²) < 4.78 is 59.8. The average Bonchev–Trinajstić information content (AvgIpc) is 2.81. The Bertz CT molecular complexity index is 1060. The number of alkyl halides is 3. The van der Waals surface area contributed by atoms with Gasteiger partial charge < -0.3 is 23.7 Å². The Balaban J connectivity index is 1.61. The Morgan fingerprint density at radius 2 is 1.33 bits per heavy atom. The monoisotopic (exact) mass is 477 g/mol. The predicted molar refractivity (Wildman–Crippen MR) is 124 cm³/mol. The van der Waals surface area contributed by atoms with Crippen molar-refractivity contribution in [2.75, 3.05) is 26.1 Å². The van der Waals surface area contributed by atoms with Gasteiger partial charge >= 0.3 is 6.36 Å². The molecule has 0 radical (unpaired) electrons. The van der Waals surface area contributed by atoms with Gasteiger partial charge in [-0.05, 0) is 71.6 Å². The van der Waals surface area contributed by atoms with E-state index in [2.05, 4.69) is 9.46 Å². The first-order valence-electron chi connectivity index (χ1n) is 9.68. The fourth-order valence-corrected chi connectivity index (χ4v) is 3.52. The van der Waals surface area contributed by atoms with Gasteiger partial charge in [-0.25, -0.2) is 0 Å². The third kappa shape index (κ3) is 7.01. The molecule has 3 aromatic rings. The minimum atomic E-state index is -4.70. The standard InChI is InChI=1S/C24H22F3NO4S/c1-29-21-14-17(15-22(30-2)23(21)31-3)5-4-16-6-8-18(9-7-16)28-33-20-12-10-19(11-13-20)32-24(25,26)27/h4-15,28H,1-3H3/b5-4-. The molecule has 9 heteroatoms. The van der Waals surface area contributed by atoms with Gasteiger partial charge in [0.2, 0.25) is 5.75 Å². The van der Waals surface area contributed by atoms with Crippen molar-refractivity contribution in [1.29, 1.82) is 0 Å². The molecule has 0 heterocycles. The second-order valence-corrected chi connectivity index (χ2v) is 7.52. The summed E-state index contributed by atoms with van der Waals surface area (Å²) in [4.78, 5) is 0.746. The Morgan fingerprint density at radius 1 is 0.758 bits per heavy atom. The van der Waals surface area contributed by atoms with Crippen LogP contribution in [0.2, 0.25) is 0 Å². The number of halogens is 3. The van der Waals surface area contributed by atoms with Crippen LogP contribution in [-0.4, -0.2) is 27.7 Å². The topological polar surface area (TPSA) is 49.0 Å². The van der Waals surface area contributed by atoms with E-state index < -0.39 is 6.36 Å². The van der Waals surface area contributed by atoms with Crippen LogP contribution in [-0.2, 0) is 0 Å². The zero-order valence-electron chi connectivity index (χ0n) is 18.1. The third-order valence-corrected chi connectivity index (χ3v) is 5.26. The minimum absolute atomic E-state index is 0.255. The molecular weight excluding hydrogens is 455 g/mol. The number of hydrogen-bond donors (Lipinski definition) is 1. The highest BCUT2D eigenvalue weighted by molar-refractivity contribution is 8.00. The molecule has 0 bridgehead atoms. The van der Waals surface area contributed by atoms with Crippen molar-refractivity contribution in [3.8, 4) is 23.0 Å². The van der Waals surface area contributed by atoms with Gasteiger partial charge in [0, 0.05) is 10.6 Å². The van der Waals surface area contributed by atoms with E-state index >= 15 is 0 Å². The largest absolute Gasteiger partial charge is 0.573 e. The van der Waals surface area contributed by atoms with Gasteiger partial charge in [-0.15, -0.1) is 13.2 Å². The molecule has 1 N–H and O–H groups in total. The fourth-order valence-electron chi connectivity index (χ4n) is 2.88. The van der Waals surface area contributed by atoms with E-state index in [1.807, 2.05) is 48.6 Å². The average molecular weight is 478 g/mol. The second kappa shape index (κ2) is 10.9. The highest BCUT2D eigenvalue weighted by Crippen LogP contribution is 2.38. The van der Waals surface area contributed by atoms with Crippen LogP contribution in [0.4, 0.5) is 18.9 Å². The molecule has 174 valence electrons. The van der Waals surface area contributed by atoms with Crippen molar-refractivity contribution >= 4 is 29.8 Å². The molecule has 0 aliphatic rings. The molecular formula is C24H22F3NO4S. The molecule has 5 nitrogen and oxygen atoms in total. The van der Waals surface area contributed by atoms with Crippen molar-refractivity contribution in [2.24, 2.45) is 0 Å². The first kappa shape index (κ1) is 24.2. The van der Waals surface area contributed by atoms with Crippen LogP contribution in [0.15, 0.2) is 65.6 Å².